The molecule has 4 heterocycles. The summed E-state index contributed by atoms with van der Waals surface area (Å²) in [5.41, 5.74) is 0.478. The van der Waals surface area contributed by atoms with E-state index in [9.17, 15) is 12.8 Å². The average Bonchev–Trinajstić information content (AvgIpc) is 3.16. The summed E-state index contributed by atoms with van der Waals surface area (Å²) in [7, 11) is -3.48. The van der Waals surface area contributed by atoms with Gasteiger partial charge in [0.05, 0.1) is 16.8 Å². The lowest BCUT2D eigenvalue weighted by Gasteiger charge is -2.34. The minimum Gasteiger partial charge on any atom is -0.489 e. The van der Waals surface area contributed by atoms with Crippen LogP contribution in [0.3, 0.4) is 0 Å². The third kappa shape index (κ3) is 5.04. The third-order valence-electron chi connectivity index (χ3n) is 5.38. The Hall–Kier alpha value is -2.52. The fraction of sp³-hybridized carbons (Fsp3) is 0.455. The Morgan fingerprint density at radius 2 is 1.94 bits per heavy atom. The van der Waals surface area contributed by atoms with Crippen molar-refractivity contribution >= 4 is 20.9 Å². The molecule has 0 aromatic carbocycles. The number of pyridine rings is 2. The lowest BCUT2D eigenvalue weighted by Crippen LogP contribution is -2.43. The fourth-order valence-corrected chi connectivity index (χ4v) is 4.87. The second-order valence-corrected chi connectivity index (χ2v) is 10.7. The van der Waals surface area contributed by atoms with Gasteiger partial charge in [-0.15, -0.1) is 0 Å². The van der Waals surface area contributed by atoms with Gasteiger partial charge in [0.2, 0.25) is 0 Å². The van der Waals surface area contributed by atoms with Gasteiger partial charge >= 0.3 is 0 Å². The highest BCUT2D eigenvalue weighted by atomic mass is 32.2. The predicted octanol–water partition coefficient (Wildman–Crippen LogP) is 3.62. The first-order valence-corrected chi connectivity index (χ1v) is 12.2. The maximum absolute atomic E-state index is 13.8. The van der Waals surface area contributed by atoms with Crippen LogP contribution in [0.5, 0.6) is 5.75 Å². The van der Waals surface area contributed by atoms with E-state index < -0.39 is 15.5 Å². The van der Waals surface area contributed by atoms with Crippen molar-refractivity contribution in [1.82, 2.24) is 19.9 Å². The van der Waals surface area contributed by atoms with E-state index in [1.165, 1.54) is 12.5 Å². The second-order valence-electron chi connectivity index (χ2n) is 8.70. The summed E-state index contributed by atoms with van der Waals surface area (Å²) in [5, 5.41) is 0.701. The number of aromatic nitrogens is 3. The molecular formula is C22H27FN4O3S. The maximum atomic E-state index is 13.8. The van der Waals surface area contributed by atoms with E-state index >= 15 is 0 Å². The van der Waals surface area contributed by atoms with Crippen molar-refractivity contribution in [3.8, 4) is 17.0 Å². The minimum atomic E-state index is -3.48. The smallest absolute Gasteiger partial charge is 0.177 e. The summed E-state index contributed by atoms with van der Waals surface area (Å²) in [6, 6.07) is 5.38. The number of hydrogen-bond donors (Lipinski definition) is 1. The van der Waals surface area contributed by atoms with Crippen LogP contribution in [0.15, 0.2) is 41.7 Å². The highest BCUT2D eigenvalue weighted by Gasteiger charge is 2.26. The Balaban J connectivity index is 1.51. The van der Waals surface area contributed by atoms with Crippen LogP contribution in [0.1, 0.15) is 26.7 Å². The molecule has 31 heavy (non-hydrogen) atoms. The molecule has 7 nitrogen and oxygen atoms in total. The van der Waals surface area contributed by atoms with Gasteiger partial charge in [-0.3, -0.25) is 9.88 Å². The lowest BCUT2D eigenvalue weighted by molar-refractivity contribution is 0.0627. The SMILES string of the molecule is CC(C)(F)CN1CCC(Oc2ccc(-c3c(S(C)(=O)=O)cnc4[nH]ccc34)nc2)CC1. The summed E-state index contributed by atoms with van der Waals surface area (Å²) in [6.45, 7) is 5.22. The molecule has 1 aliphatic rings. The van der Waals surface area contributed by atoms with E-state index in [1.807, 2.05) is 6.07 Å². The van der Waals surface area contributed by atoms with Crippen molar-refractivity contribution in [3.05, 3.63) is 36.8 Å². The summed E-state index contributed by atoms with van der Waals surface area (Å²) >= 11 is 0. The lowest BCUT2D eigenvalue weighted by atomic mass is 10.0. The van der Waals surface area contributed by atoms with Crippen molar-refractivity contribution in [3.63, 3.8) is 0 Å². The molecular weight excluding hydrogens is 419 g/mol. The van der Waals surface area contributed by atoms with Crippen LogP contribution in [0.4, 0.5) is 4.39 Å². The number of alkyl halides is 1. The number of halogens is 1. The number of rotatable bonds is 6. The molecule has 1 aliphatic heterocycles. The molecule has 1 saturated heterocycles. The Labute approximate surface area is 181 Å². The molecule has 0 saturated carbocycles. The van der Waals surface area contributed by atoms with Crippen LogP contribution in [-0.2, 0) is 9.84 Å². The zero-order chi connectivity index (χ0) is 22.2. The van der Waals surface area contributed by atoms with Crippen LogP contribution < -0.4 is 4.74 Å². The number of nitrogens with zero attached hydrogens (tertiary/aromatic N) is 3. The van der Waals surface area contributed by atoms with Crippen molar-refractivity contribution in [2.45, 2.75) is 43.4 Å². The zero-order valence-corrected chi connectivity index (χ0v) is 18.7. The standard InChI is InChI=1S/C22H27FN4O3S/c1-22(2,23)14-27-10-7-15(8-11-27)30-16-4-5-18(25-12-16)20-17-6-9-24-21(17)26-13-19(20)31(3,28)29/h4-6,9,12-13,15H,7-8,10-11,14H2,1-3H3,(H,24,26). The van der Waals surface area contributed by atoms with Crippen molar-refractivity contribution in [1.29, 1.82) is 0 Å². The molecule has 0 aliphatic carbocycles. The Bertz CT molecular complexity index is 1160. The molecule has 3 aromatic rings. The van der Waals surface area contributed by atoms with Gasteiger partial charge in [0.25, 0.3) is 0 Å². The van der Waals surface area contributed by atoms with Crippen LogP contribution in [-0.4, -0.2) is 65.9 Å². The molecule has 3 aromatic heterocycles. The third-order valence-corrected chi connectivity index (χ3v) is 6.49. The number of hydrogen-bond acceptors (Lipinski definition) is 6. The van der Waals surface area contributed by atoms with Gasteiger partial charge in [-0.1, -0.05) is 0 Å². The van der Waals surface area contributed by atoms with Crippen LogP contribution in [0, 0.1) is 0 Å². The first kappa shape index (κ1) is 21.7. The zero-order valence-electron chi connectivity index (χ0n) is 17.9. The molecule has 1 fully saturated rings. The molecule has 4 rings (SSSR count). The summed E-state index contributed by atoms with van der Waals surface area (Å²) < 4.78 is 44.5. The number of sulfone groups is 1. The first-order valence-electron chi connectivity index (χ1n) is 10.3. The van der Waals surface area contributed by atoms with E-state index in [2.05, 4.69) is 19.9 Å². The van der Waals surface area contributed by atoms with Crippen molar-refractivity contribution < 1.29 is 17.5 Å². The molecule has 0 bridgehead atoms. The van der Waals surface area contributed by atoms with Gasteiger partial charge in [-0.25, -0.2) is 17.8 Å². The largest absolute Gasteiger partial charge is 0.489 e. The van der Waals surface area contributed by atoms with E-state index in [4.69, 9.17) is 4.74 Å². The normalized spacial score (nSPS) is 16.6. The van der Waals surface area contributed by atoms with Gasteiger partial charge in [0.1, 0.15) is 23.2 Å². The number of fused-ring (bicyclic) bond motifs is 1. The number of aromatic amines is 1. The highest BCUT2D eigenvalue weighted by Crippen LogP contribution is 2.33. The fourth-order valence-electron chi connectivity index (χ4n) is 4.04. The Morgan fingerprint density at radius 3 is 2.55 bits per heavy atom. The first-order chi connectivity index (χ1) is 14.6. The van der Waals surface area contributed by atoms with Gasteiger partial charge in [0.15, 0.2) is 9.84 Å². The Morgan fingerprint density at radius 1 is 1.19 bits per heavy atom. The van der Waals surface area contributed by atoms with Crippen molar-refractivity contribution in [2.75, 3.05) is 25.9 Å². The molecule has 0 amide bonds. The van der Waals surface area contributed by atoms with Crippen molar-refractivity contribution in [2.24, 2.45) is 0 Å². The molecule has 0 radical (unpaired) electrons. The second kappa shape index (κ2) is 8.20. The number of H-pyrrole nitrogens is 1. The van der Waals surface area contributed by atoms with Crippen LogP contribution in [0.2, 0.25) is 0 Å². The number of ether oxygens (including phenoxy) is 1. The van der Waals surface area contributed by atoms with Crippen LogP contribution >= 0.6 is 0 Å². The number of nitrogens with one attached hydrogen (secondary N) is 1. The highest BCUT2D eigenvalue weighted by molar-refractivity contribution is 7.90. The number of likely N-dealkylation sites (tertiary alicyclic amines) is 1. The van der Waals surface area contributed by atoms with E-state index in [0.717, 1.165) is 25.9 Å². The molecule has 1 N–H and O–H groups in total. The summed E-state index contributed by atoms with van der Waals surface area (Å²) in [5.74, 6) is 0.633. The van der Waals surface area contributed by atoms with Gasteiger partial charge < -0.3 is 9.72 Å². The monoisotopic (exact) mass is 446 g/mol. The van der Waals surface area contributed by atoms with Gasteiger partial charge in [0, 0.05) is 49.2 Å². The summed E-state index contributed by atoms with van der Waals surface area (Å²) in [6.07, 6.45) is 7.57. The van der Waals surface area contributed by atoms with E-state index in [-0.39, 0.29) is 11.0 Å². The molecule has 9 heteroatoms. The molecule has 0 unspecified atom stereocenters. The number of piperidine rings is 1. The van der Waals surface area contributed by atoms with Crippen LogP contribution in [0.25, 0.3) is 22.3 Å². The maximum Gasteiger partial charge on any atom is 0.177 e. The van der Waals surface area contributed by atoms with E-state index in [0.29, 0.717) is 34.6 Å². The minimum absolute atomic E-state index is 0.0514. The average molecular weight is 447 g/mol. The van der Waals surface area contributed by atoms with Gasteiger partial charge in [-0.2, -0.15) is 0 Å². The van der Waals surface area contributed by atoms with E-state index in [1.54, 1.807) is 38.4 Å². The molecule has 0 atom stereocenters. The predicted molar refractivity (Wildman–Crippen MR) is 118 cm³/mol. The molecule has 166 valence electrons. The molecule has 0 spiro atoms. The topological polar surface area (TPSA) is 88.2 Å². The summed E-state index contributed by atoms with van der Waals surface area (Å²) in [4.78, 5) is 14.0. The quantitative estimate of drug-likeness (QED) is 0.622. The Kier molecular flexibility index (Phi) is 5.74. The van der Waals surface area contributed by atoms with Gasteiger partial charge in [-0.05, 0) is 44.9 Å².